The van der Waals surface area contributed by atoms with Crippen molar-refractivity contribution in [3.8, 4) is 5.69 Å². The van der Waals surface area contributed by atoms with Gasteiger partial charge in [-0.3, -0.25) is 19.9 Å². The van der Waals surface area contributed by atoms with E-state index in [1.165, 1.54) is 13.3 Å². The Kier molecular flexibility index (Phi) is 6.01. The second-order valence-corrected chi connectivity index (χ2v) is 7.23. The van der Waals surface area contributed by atoms with Crippen LogP contribution in [0.15, 0.2) is 22.0 Å². The third-order valence-corrected chi connectivity index (χ3v) is 5.01. The van der Waals surface area contributed by atoms with Gasteiger partial charge in [0.2, 0.25) is 0 Å². The van der Waals surface area contributed by atoms with Crippen molar-refractivity contribution in [1.82, 2.24) is 9.78 Å². The molecule has 1 aromatic heterocycles. The first kappa shape index (κ1) is 20.7. The highest BCUT2D eigenvalue weighted by atomic mass is 35.5. The first-order valence-corrected chi connectivity index (χ1v) is 9.21. The van der Waals surface area contributed by atoms with Crippen LogP contribution < -0.4 is 5.48 Å². The highest BCUT2D eigenvalue weighted by molar-refractivity contribution is 7.84. The quantitative estimate of drug-likeness (QED) is 0.565. The lowest BCUT2D eigenvalue weighted by molar-refractivity contribution is -0.137. The van der Waals surface area contributed by atoms with Gasteiger partial charge in [0, 0.05) is 13.3 Å². The fraction of sp³-hybridized carbons (Fsp3) is 0.286. The van der Waals surface area contributed by atoms with Crippen molar-refractivity contribution in [1.29, 1.82) is 0 Å². The molecule has 0 saturated carbocycles. The smallest absolute Gasteiger partial charge is 0.291 e. The molecule has 0 spiro atoms. The summed E-state index contributed by atoms with van der Waals surface area (Å²) in [6.45, 7) is 1.60. The summed E-state index contributed by atoms with van der Waals surface area (Å²) >= 11 is 12.0. The Hall–Kier alpha value is -1.62. The molecule has 0 fully saturated rings. The minimum atomic E-state index is -4.64. The lowest BCUT2D eigenvalue weighted by atomic mass is 10.2. The molecule has 1 heterocycles. The maximum Gasteiger partial charge on any atom is 0.416 e. The van der Waals surface area contributed by atoms with Gasteiger partial charge in [0.05, 0.1) is 32.1 Å². The Labute approximate surface area is 159 Å². The summed E-state index contributed by atoms with van der Waals surface area (Å²) in [5.74, 6) is -0.146. The SMILES string of the molecule is CN=C(C)c1nn(-c2c(Cl)cc(C(F)(F)F)cc2Cl)c(NO)c1S(C)=O. The maximum atomic E-state index is 12.9. The number of rotatable bonds is 4. The molecule has 6 nitrogen and oxygen atoms in total. The fourth-order valence-electron chi connectivity index (χ4n) is 2.21. The number of hydrogen-bond donors (Lipinski definition) is 2. The van der Waals surface area contributed by atoms with E-state index >= 15 is 0 Å². The van der Waals surface area contributed by atoms with Crippen molar-refractivity contribution in [3.63, 3.8) is 0 Å². The van der Waals surface area contributed by atoms with Crippen LogP contribution in [0, 0.1) is 0 Å². The lowest BCUT2D eigenvalue weighted by Gasteiger charge is -2.14. The van der Waals surface area contributed by atoms with Crippen LogP contribution >= 0.6 is 23.2 Å². The number of nitrogens with zero attached hydrogens (tertiary/aromatic N) is 3. The Morgan fingerprint density at radius 1 is 1.35 bits per heavy atom. The number of hydrogen-bond acceptors (Lipinski definition) is 5. The van der Waals surface area contributed by atoms with Crippen molar-refractivity contribution in [2.24, 2.45) is 4.99 Å². The highest BCUT2D eigenvalue weighted by Gasteiger charge is 2.33. The monoisotopic (exact) mass is 428 g/mol. The van der Waals surface area contributed by atoms with Crippen LogP contribution in [0.2, 0.25) is 10.0 Å². The molecule has 0 bridgehead atoms. The van der Waals surface area contributed by atoms with Crippen LogP contribution in [0.1, 0.15) is 18.2 Å². The van der Waals surface area contributed by atoms with Gasteiger partial charge in [-0.05, 0) is 19.1 Å². The fourth-order valence-corrected chi connectivity index (χ4v) is 3.72. The minimum Gasteiger partial charge on any atom is -0.291 e. The predicted octanol–water partition coefficient (Wildman–Crippen LogP) is 4.18. The molecule has 0 aliphatic carbocycles. The van der Waals surface area contributed by atoms with Crippen LogP contribution in [0.3, 0.4) is 0 Å². The second kappa shape index (κ2) is 7.55. The summed E-state index contributed by atoms with van der Waals surface area (Å²) < 4.78 is 51.8. The number of halogens is 5. The van der Waals surface area contributed by atoms with Gasteiger partial charge in [-0.25, -0.2) is 4.68 Å². The van der Waals surface area contributed by atoms with Crippen LogP contribution in [0.5, 0.6) is 0 Å². The number of aromatic nitrogens is 2. The summed E-state index contributed by atoms with van der Waals surface area (Å²) in [6, 6.07) is 1.38. The van der Waals surface area contributed by atoms with Gasteiger partial charge in [0.25, 0.3) is 0 Å². The number of aliphatic imine (C=N–C) groups is 1. The van der Waals surface area contributed by atoms with Crippen LogP contribution in [-0.4, -0.2) is 38.2 Å². The van der Waals surface area contributed by atoms with E-state index in [1.807, 2.05) is 5.48 Å². The van der Waals surface area contributed by atoms with Gasteiger partial charge in [-0.15, -0.1) is 0 Å². The zero-order chi connectivity index (χ0) is 19.8. The number of anilines is 1. The van der Waals surface area contributed by atoms with Crippen LogP contribution in [0.25, 0.3) is 5.69 Å². The van der Waals surface area contributed by atoms with Crippen molar-refractivity contribution >= 4 is 45.5 Å². The van der Waals surface area contributed by atoms with E-state index in [9.17, 15) is 22.6 Å². The average Bonchev–Trinajstić information content (AvgIpc) is 2.92. The zero-order valence-electron chi connectivity index (χ0n) is 13.6. The van der Waals surface area contributed by atoms with Gasteiger partial charge in [0.1, 0.15) is 16.3 Å². The van der Waals surface area contributed by atoms with Crippen molar-refractivity contribution in [3.05, 3.63) is 33.4 Å². The lowest BCUT2D eigenvalue weighted by Crippen LogP contribution is -2.09. The van der Waals surface area contributed by atoms with E-state index in [-0.39, 0.29) is 32.1 Å². The van der Waals surface area contributed by atoms with E-state index < -0.39 is 22.5 Å². The van der Waals surface area contributed by atoms with Gasteiger partial charge < -0.3 is 0 Å². The normalized spacial score (nSPS) is 13.8. The summed E-state index contributed by atoms with van der Waals surface area (Å²) in [5.41, 5.74) is 1.28. The zero-order valence-corrected chi connectivity index (χ0v) is 16.0. The van der Waals surface area contributed by atoms with E-state index in [1.54, 1.807) is 6.92 Å². The molecular formula is C14H13Cl2F3N4O2S. The van der Waals surface area contributed by atoms with E-state index in [4.69, 9.17) is 23.2 Å². The molecule has 1 unspecified atom stereocenters. The van der Waals surface area contributed by atoms with Gasteiger partial charge in [0.15, 0.2) is 5.82 Å². The van der Waals surface area contributed by atoms with E-state index in [2.05, 4.69) is 10.1 Å². The molecule has 0 amide bonds. The van der Waals surface area contributed by atoms with E-state index in [0.717, 1.165) is 4.68 Å². The highest BCUT2D eigenvalue weighted by Crippen LogP contribution is 2.39. The Morgan fingerprint density at radius 2 is 1.88 bits per heavy atom. The Balaban J connectivity index is 2.83. The first-order valence-electron chi connectivity index (χ1n) is 6.89. The largest absolute Gasteiger partial charge is 0.416 e. The van der Waals surface area contributed by atoms with Crippen LogP contribution in [0.4, 0.5) is 19.0 Å². The van der Waals surface area contributed by atoms with Gasteiger partial charge >= 0.3 is 6.18 Å². The predicted molar refractivity (Wildman–Crippen MR) is 94.5 cm³/mol. The molecule has 0 saturated heterocycles. The summed E-state index contributed by atoms with van der Waals surface area (Å²) in [5, 5.41) is 13.0. The molecule has 1 atom stereocenters. The minimum absolute atomic E-state index is 0.0997. The van der Waals surface area contributed by atoms with Gasteiger partial charge in [-0.1, -0.05) is 23.2 Å². The molecule has 0 aliphatic heterocycles. The number of benzene rings is 1. The molecule has 0 aliphatic rings. The third-order valence-electron chi connectivity index (χ3n) is 3.47. The maximum absolute atomic E-state index is 12.9. The number of alkyl halides is 3. The summed E-state index contributed by atoms with van der Waals surface area (Å²) in [4.78, 5) is 4.06. The molecule has 2 aromatic rings. The Bertz CT molecular complexity index is 889. The third kappa shape index (κ3) is 3.73. The second-order valence-electron chi connectivity index (χ2n) is 5.10. The summed E-state index contributed by atoms with van der Waals surface area (Å²) in [6.07, 6.45) is -3.29. The topological polar surface area (TPSA) is 79.5 Å². The summed E-state index contributed by atoms with van der Waals surface area (Å²) in [7, 11) is -0.125. The Morgan fingerprint density at radius 3 is 2.27 bits per heavy atom. The first-order chi connectivity index (χ1) is 12.0. The number of nitrogens with one attached hydrogen (secondary N) is 1. The van der Waals surface area contributed by atoms with Gasteiger partial charge in [-0.2, -0.15) is 18.3 Å². The van der Waals surface area contributed by atoms with Crippen molar-refractivity contribution in [2.45, 2.75) is 18.0 Å². The molecule has 26 heavy (non-hydrogen) atoms. The molecule has 2 rings (SSSR count). The molecular weight excluding hydrogens is 416 g/mol. The van der Waals surface area contributed by atoms with Crippen molar-refractivity contribution < 1.29 is 22.6 Å². The standard InChI is InChI=1S/C14H13Cl2F3N4O2S/c1-6(20-2)10-12(26(3)25)13(22-24)23(21-10)11-8(15)4-7(5-9(11)16)14(17,18)19/h4-5,22,24H,1-3H3. The molecule has 2 N–H and O–H groups in total. The van der Waals surface area contributed by atoms with Crippen molar-refractivity contribution in [2.75, 3.05) is 18.8 Å². The van der Waals surface area contributed by atoms with Crippen LogP contribution in [-0.2, 0) is 17.0 Å². The molecule has 0 radical (unpaired) electrons. The molecule has 142 valence electrons. The average molecular weight is 429 g/mol. The molecule has 12 heteroatoms. The van der Waals surface area contributed by atoms with E-state index in [0.29, 0.717) is 17.8 Å². The molecule has 1 aromatic carbocycles.